The molecule has 3 rings (SSSR count). The topological polar surface area (TPSA) is 52.6 Å². The van der Waals surface area contributed by atoms with Crippen LogP contribution in [-0.4, -0.2) is 11.9 Å². The molecule has 0 aliphatic heterocycles. The zero-order valence-corrected chi connectivity index (χ0v) is 19.4. The molecule has 0 saturated carbocycles. The molecule has 3 aromatic carbocycles. The Kier molecular flexibility index (Phi) is 8.68. The number of rotatable bonds is 9. The fourth-order valence-corrected chi connectivity index (χ4v) is 3.05. The molecule has 0 fully saturated rings. The Morgan fingerprint density at radius 2 is 1.60 bits per heavy atom. The van der Waals surface area contributed by atoms with Crippen molar-refractivity contribution in [3.8, 4) is 5.75 Å². The van der Waals surface area contributed by atoms with Crippen molar-refractivity contribution in [3.05, 3.63) is 125 Å². The molecule has 176 valence electrons. The second-order valence-electron chi connectivity index (χ2n) is 7.71. The van der Waals surface area contributed by atoms with Gasteiger partial charge in [-0.3, -0.25) is 0 Å². The Hall–Kier alpha value is -4.51. The SMILES string of the molecule is C=CC(=O)OCc1cccc(C=Cc2ccc(C=Cc3ccccc3OC(=O)C(=C)C)cc2F)c1. The van der Waals surface area contributed by atoms with Gasteiger partial charge in [-0.15, -0.1) is 0 Å². The number of ether oxygens (including phenoxy) is 2. The number of carbonyl (C=O) groups is 2. The monoisotopic (exact) mass is 468 g/mol. The van der Waals surface area contributed by atoms with Crippen molar-refractivity contribution < 1.29 is 23.5 Å². The van der Waals surface area contributed by atoms with Crippen LogP contribution in [0.4, 0.5) is 4.39 Å². The second-order valence-corrected chi connectivity index (χ2v) is 7.71. The lowest BCUT2D eigenvalue weighted by atomic mass is 10.1. The molecule has 35 heavy (non-hydrogen) atoms. The molecular formula is C30H25FO4. The Morgan fingerprint density at radius 3 is 2.31 bits per heavy atom. The van der Waals surface area contributed by atoms with Crippen LogP contribution in [0, 0.1) is 5.82 Å². The van der Waals surface area contributed by atoms with E-state index in [1.165, 1.54) is 6.07 Å². The van der Waals surface area contributed by atoms with E-state index in [2.05, 4.69) is 13.2 Å². The van der Waals surface area contributed by atoms with Crippen LogP contribution in [0.5, 0.6) is 5.75 Å². The van der Waals surface area contributed by atoms with Gasteiger partial charge in [-0.1, -0.05) is 86.0 Å². The first-order valence-corrected chi connectivity index (χ1v) is 10.9. The average Bonchev–Trinajstić information content (AvgIpc) is 2.86. The van der Waals surface area contributed by atoms with E-state index in [-0.39, 0.29) is 12.4 Å². The van der Waals surface area contributed by atoms with Crippen LogP contribution in [0.25, 0.3) is 24.3 Å². The third kappa shape index (κ3) is 7.51. The number of hydrogen-bond donors (Lipinski definition) is 0. The Labute approximate surface area is 204 Å². The van der Waals surface area contributed by atoms with Crippen molar-refractivity contribution in [1.82, 2.24) is 0 Å². The number of hydrogen-bond acceptors (Lipinski definition) is 4. The van der Waals surface area contributed by atoms with E-state index < -0.39 is 11.9 Å². The molecule has 0 atom stereocenters. The maximum Gasteiger partial charge on any atom is 0.338 e. The largest absolute Gasteiger partial charge is 0.458 e. The molecule has 4 nitrogen and oxygen atoms in total. The van der Waals surface area contributed by atoms with Crippen LogP contribution >= 0.6 is 0 Å². The van der Waals surface area contributed by atoms with Crippen molar-refractivity contribution in [2.24, 2.45) is 0 Å². The minimum Gasteiger partial charge on any atom is -0.458 e. The number of halogens is 1. The molecule has 0 aliphatic rings. The van der Waals surface area contributed by atoms with Gasteiger partial charge in [0.05, 0.1) is 0 Å². The van der Waals surface area contributed by atoms with Gasteiger partial charge in [0.15, 0.2) is 0 Å². The number of esters is 2. The third-order valence-corrected chi connectivity index (χ3v) is 4.90. The Bertz CT molecular complexity index is 1320. The molecule has 3 aromatic rings. The molecule has 0 heterocycles. The zero-order valence-electron chi connectivity index (χ0n) is 19.4. The second kappa shape index (κ2) is 12.1. The van der Waals surface area contributed by atoms with Gasteiger partial charge in [-0.2, -0.15) is 0 Å². The average molecular weight is 469 g/mol. The van der Waals surface area contributed by atoms with Crippen molar-refractivity contribution in [3.63, 3.8) is 0 Å². The Morgan fingerprint density at radius 1 is 0.886 bits per heavy atom. The van der Waals surface area contributed by atoms with Gasteiger partial charge in [0.2, 0.25) is 0 Å². The highest BCUT2D eigenvalue weighted by Gasteiger charge is 2.08. The fraction of sp³-hybridized carbons (Fsp3) is 0.0667. The highest BCUT2D eigenvalue weighted by atomic mass is 19.1. The van der Waals surface area contributed by atoms with Crippen LogP contribution in [0.3, 0.4) is 0 Å². The summed E-state index contributed by atoms with van der Waals surface area (Å²) in [6.07, 6.45) is 8.10. The lowest BCUT2D eigenvalue weighted by Crippen LogP contribution is -2.08. The molecule has 0 aliphatic carbocycles. The van der Waals surface area contributed by atoms with Crippen LogP contribution in [0.15, 0.2) is 91.5 Å². The van der Waals surface area contributed by atoms with Crippen molar-refractivity contribution in [2.75, 3.05) is 0 Å². The van der Waals surface area contributed by atoms with E-state index in [0.29, 0.717) is 28.0 Å². The van der Waals surface area contributed by atoms with Gasteiger partial charge in [-0.25, -0.2) is 14.0 Å². The first-order chi connectivity index (χ1) is 16.9. The van der Waals surface area contributed by atoms with Gasteiger partial charge < -0.3 is 9.47 Å². The number of carbonyl (C=O) groups excluding carboxylic acids is 2. The van der Waals surface area contributed by atoms with E-state index in [0.717, 1.165) is 17.2 Å². The summed E-state index contributed by atoms with van der Waals surface area (Å²) in [4.78, 5) is 23.1. The number of benzene rings is 3. The molecule has 0 aromatic heterocycles. The third-order valence-electron chi connectivity index (χ3n) is 4.90. The predicted octanol–water partition coefficient (Wildman–Crippen LogP) is 6.88. The molecule has 0 unspecified atom stereocenters. The van der Waals surface area contributed by atoms with E-state index in [1.54, 1.807) is 61.6 Å². The highest BCUT2D eigenvalue weighted by molar-refractivity contribution is 5.89. The normalized spacial score (nSPS) is 10.9. The van der Waals surface area contributed by atoms with Gasteiger partial charge in [0.25, 0.3) is 0 Å². The quantitative estimate of drug-likeness (QED) is 0.149. The summed E-state index contributed by atoms with van der Waals surface area (Å²) >= 11 is 0. The lowest BCUT2D eigenvalue weighted by Gasteiger charge is -2.07. The van der Waals surface area contributed by atoms with Gasteiger partial charge in [0.1, 0.15) is 18.2 Å². The van der Waals surface area contributed by atoms with Gasteiger partial charge >= 0.3 is 11.9 Å². The minimum atomic E-state index is -0.503. The summed E-state index contributed by atoms with van der Waals surface area (Å²) in [6.45, 7) is 8.67. The summed E-state index contributed by atoms with van der Waals surface area (Å²) in [7, 11) is 0. The fourth-order valence-electron chi connectivity index (χ4n) is 3.05. The first kappa shape index (κ1) is 25.1. The van der Waals surface area contributed by atoms with Crippen LogP contribution in [-0.2, 0) is 20.9 Å². The van der Waals surface area contributed by atoms with E-state index in [4.69, 9.17) is 9.47 Å². The predicted molar refractivity (Wildman–Crippen MR) is 138 cm³/mol. The van der Waals surface area contributed by atoms with Crippen LogP contribution in [0.2, 0.25) is 0 Å². The molecular weight excluding hydrogens is 443 g/mol. The summed E-state index contributed by atoms with van der Waals surface area (Å²) in [5.41, 5.74) is 3.74. The molecule has 0 radical (unpaired) electrons. The van der Waals surface area contributed by atoms with Gasteiger partial charge in [0, 0.05) is 22.8 Å². The first-order valence-electron chi connectivity index (χ1n) is 10.9. The van der Waals surface area contributed by atoms with E-state index in [1.807, 2.05) is 30.3 Å². The highest BCUT2D eigenvalue weighted by Crippen LogP contribution is 2.23. The molecule has 5 heteroatoms. The maximum absolute atomic E-state index is 14.7. The minimum absolute atomic E-state index is 0.136. The molecule has 0 amide bonds. The summed E-state index contributed by atoms with van der Waals surface area (Å²) < 4.78 is 25.1. The van der Waals surface area contributed by atoms with Gasteiger partial charge in [-0.05, 0) is 41.8 Å². The lowest BCUT2D eigenvalue weighted by molar-refractivity contribution is -0.139. The van der Waals surface area contributed by atoms with Crippen LogP contribution in [0.1, 0.15) is 34.7 Å². The molecule has 0 spiro atoms. The Balaban J connectivity index is 1.71. The molecule has 0 saturated heterocycles. The molecule has 0 bridgehead atoms. The smallest absolute Gasteiger partial charge is 0.338 e. The standard InChI is InChI=1S/C30H25FO4/c1-4-29(32)34-20-24-9-7-8-22(18-24)12-15-25-16-13-23(19-27(25)31)14-17-26-10-5-6-11-28(26)35-30(33)21(2)3/h4-19H,1-2,20H2,3H3. The van der Waals surface area contributed by atoms with E-state index >= 15 is 0 Å². The number of para-hydroxylation sites is 1. The van der Waals surface area contributed by atoms with E-state index in [9.17, 15) is 14.0 Å². The summed E-state index contributed by atoms with van der Waals surface area (Å²) in [5, 5.41) is 0. The molecule has 0 N–H and O–H groups in total. The summed E-state index contributed by atoms with van der Waals surface area (Å²) in [5.74, 6) is -0.963. The van der Waals surface area contributed by atoms with Crippen molar-refractivity contribution in [2.45, 2.75) is 13.5 Å². The van der Waals surface area contributed by atoms with Crippen molar-refractivity contribution >= 4 is 36.2 Å². The van der Waals surface area contributed by atoms with Crippen LogP contribution < -0.4 is 4.74 Å². The maximum atomic E-state index is 14.7. The summed E-state index contributed by atoms with van der Waals surface area (Å²) in [6, 6.07) is 19.4. The van der Waals surface area contributed by atoms with Crippen molar-refractivity contribution in [1.29, 1.82) is 0 Å². The zero-order chi connectivity index (χ0) is 25.2.